The van der Waals surface area contributed by atoms with E-state index in [-0.39, 0.29) is 6.04 Å². The third-order valence-electron chi connectivity index (χ3n) is 2.18. The molecule has 11 heavy (non-hydrogen) atoms. The summed E-state index contributed by atoms with van der Waals surface area (Å²) in [5.74, 6) is 0. The summed E-state index contributed by atoms with van der Waals surface area (Å²) in [6.07, 6.45) is 5.12. The monoisotopic (exact) mass is 155 g/mol. The summed E-state index contributed by atoms with van der Waals surface area (Å²) in [6, 6.07) is -0.0579. The van der Waals surface area contributed by atoms with Crippen LogP contribution < -0.4 is 0 Å². The Hall–Kier alpha value is -0.930. The van der Waals surface area contributed by atoms with Gasteiger partial charge in [0.2, 0.25) is 0 Å². The van der Waals surface area contributed by atoms with Crippen LogP contribution in [0.3, 0.4) is 0 Å². The van der Waals surface area contributed by atoms with E-state index in [0.717, 1.165) is 12.8 Å². The summed E-state index contributed by atoms with van der Waals surface area (Å²) in [5.41, 5.74) is 0. The van der Waals surface area contributed by atoms with E-state index >= 15 is 0 Å². The molecule has 1 aliphatic rings. The summed E-state index contributed by atoms with van der Waals surface area (Å²) < 4.78 is 14.7. The lowest BCUT2D eigenvalue weighted by atomic mass is 10.2. The molecule has 1 fully saturated rings. The predicted molar refractivity (Wildman–Crippen MR) is 37.8 cm³/mol. The molecule has 0 N–H and O–H groups in total. The van der Waals surface area contributed by atoms with Crippen LogP contribution in [0.2, 0.25) is 0 Å². The molecule has 0 spiro atoms. The number of halogens is 1. The molecule has 1 aromatic heterocycles. The second kappa shape index (κ2) is 2.60. The highest BCUT2D eigenvalue weighted by molar-refractivity contribution is 4.83. The number of nitrogens with zero attached hydrogens (tertiary/aromatic N) is 3. The lowest BCUT2D eigenvalue weighted by molar-refractivity contribution is 0.248. The van der Waals surface area contributed by atoms with Crippen molar-refractivity contribution in [1.82, 2.24) is 15.0 Å². The summed E-state index contributed by atoms with van der Waals surface area (Å²) >= 11 is 0. The second-order valence-electron chi connectivity index (χ2n) is 2.90. The maximum absolute atomic E-state index is 13.1. The topological polar surface area (TPSA) is 30.7 Å². The molecule has 0 radical (unpaired) electrons. The minimum absolute atomic E-state index is 0.0579. The van der Waals surface area contributed by atoms with Gasteiger partial charge in [0, 0.05) is 6.20 Å². The molecule has 1 saturated carbocycles. The van der Waals surface area contributed by atoms with Gasteiger partial charge in [0.25, 0.3) is 0 Å². The summed E-state index contributed by atoms with van der Waals surface area (Å²) in [7, 11) is 0. The average Bonchev–Trinajstić information content (AvgIpc) is 2.55. The molecule has 60 valence electrons. The molecule has 0 aliphatic heterocycles. The quantitative estimate of drug-likeness (QED) is 0.612. The van der Waals surface area contributed by atoms with E-state index in [0.29, 0.717) is 6.42 Å². The molecule has 1 aliphatic carbocycles. The van der Waals surface area contributed by atoms with E-state index < -0.39 is 6.17 Å². The van der Waals surface area contributed by atoms with E-state index in [2.05, 4.69) is 10.3 Å². The van der Waals surface area contributed by atoms with Gasteiger partial charge in [0.15, 0.2) is 0 Å². The molecule has 0 saturated heterocycles. The first-order valence-corrected chi connectivity index (χ1v) is 3.88. The molecule has 4 heteroatoms. The first kappa shape index (κ1) is 6.76. The molecule has 0 unspecified atom stereocenters. The molecular formula is C7H10FN3. The van der Waals surface area contributed by atoms with E-state index in [4.69, 9.17) is 0 Å². The van der Waals surface area contributed by atoms with Crippen molar-refractivity contribution in [3.05, 3.63) is 12.4 Å². The minimum atomic E-state index is -0.725. The highest BCUT2D eigenvalue weighted by Crippen LogP contribution is 2.31. The van der Waals surface area contributed by atoms with Gasteiger partial charge in [-0.1, -0.05) is 5.21 Å². The summed E-state index contributed by atoms with van der Waals surface area (Å²) in [4.78, 5) is 0. The Labute approximate surface area is 64.2 Å². The van der Waals surface area contributed by atoms with Crippen LogP contribution in [-0.2, 0) is 0 Å². The summed E-state index contributed by atoms with van der Waals surface area (Å²) in [5, 5.41) is 7.42. The standard InChI is InChI=1S/C7H10FN3/c8-6-2-1-3-7(6)11-5-4-9-10-11/h4-7H,1-3H2/t6-,7-/m0/s1. The number of hydrogen-bond acceptors (Lipinski definition) is 2. The van der Waals surface area contributed by atoms with Crippen molar-refractivity contribution in [1.29, 1.82) is 0 Å². The molecule has 0 bridgehead atoms. The van der Waals surface area contributed by atoms with Crippen molar-refractivity contribution >= 4 is 0 Å². The van der Waals surface area contributed by atoms with Crippen LogP contribution in [0.5, 0.6) is 0 Å². The van der Waals surface area contributed by atoms with E-state index in [9.17, 15) is 4.39 Å². The van der Waals surface area contributed by atoms with Gasteiger partial charge < -0.3 is 0 Å². The van der Waals surface area contributed by atoms with Crippen LogP contribution >= 0.6 is 0 Å². The van der Waals surface area contributed by atoms with Gasteiger partial charge in [-0.3, -0.25) is 0 Å². The normalized spacial score (nSPS) is 31.0. The number of alkyl halides is 1. The smallest absolute Gasteiger partial charge is 0.122 e. The Kier molecular flexibility index (Phi) is 1.60. The van der Waals surface area contributed by atoms with Crippen molar-refractivity contribution in [2.75, 3.05) is 0 Å². The zero-order valence-corrected chi connectivity index (χ0v) is 6.15. The fourth-order valence-corrected chi connectivity index (χ4v) is 1.59. The highest BCUT2D eigenvalue weighted by atomic mass is 19.1. The fraction of sp³-hybridized carbons (Fsp3) is 0.714. The van der Waals surface area contributed by atoms with Crippen LogP contribution in [0.4, 0.5) is 4.39 Å². The third kappa shape index (κ3) is 1.13. The number of aromatic nitrogens is 3. The molecular weight excluding hydrogens is 145 g/mol. The SMILES string of the molecule is F[C@H]1CCC[C@@H]1n1ccnn1. The molecule has 1 aromatic rings. The van der Waals surface area contributed by atoms with Crippen LogP contribution in [0, 0.1) is 0 Å². The van der Waals surface area contributed by atoms with Crippen LogP contribution in [0.1, 0.15) is 25.3 Å². The Bertz CT molecular complexity index is 222. The molecule has 1 heterocycles. The van der Waals surface area contributed by atoms with Crippen molar-refractivity contribution in [3.63, 3.8) is 0 Å². The van der Waals surface area contributed by atoms with Crippen LogP contribution in [0.15, 0.2) is 12.4 Å². The van der Waals surface area contributed by atoms with Crippen molar-refractivity contribution in [2.45, 2.75) is 31.5 Å². The number of hydrogen-bond donors (Lipinski definition) is 0. The summed E-state index contributed by atoms with van der Waals surface area (Å²) in [6.45, 7) is 0. The zero-order valence-electron chi connectivity index (χ0n) is 6.15. The highest BCUT2D eigenvalue weighted by Gasteiger charge is 2.28. The zero-order chi connectivity index (χ0) is 7.68. The predicted octanol–water partition coefficient (Wildman–Crippen LogP) is 1.34. The lowest BCUT2D eigenvalue weighted by Gasteiger charge is -2.10. The Morgan fingerprint density at radius 2 is 2.36 bits per heavy atom. The molecule has 2 atom stereocenters. The Balaban J connectivity index is 2.16. The maximum Gasteiger partial charge on any atom is 0.122 e. The molecule has 0 aromatic carbocycles. The second-order valence-corrected chi connectivity index (χ2v) is 2.90. The maximum atomic E-state index is 13.1. The minimum Gasteiger partial charge on any atom is -0.247 e. The van der Waals surface area contributed by atoms with Gasteiger partial charge in [-0.15, -0.1) is 5.10 Å². The van der Waals surface area contributed by atoms with Gasteiger partial charge in [0.1, 0.15) is 6.17 Å². The largest absolute Gasteiger partial charge is 0.247 e. The Morgan fingerprint density at radius 3 is 2.91 bits per heavy atom. The molecule has 2 rings (SSSR count). The first-order valence-electron chi connectivity index (χ1n) is 3.88. The lowest BCUT2D eigenvalue weighted by Crippen LogP contribution is -2.15. The van der Waals surface area contributed by atoms with Gasteiger partial charge in [-0.05, 0) is 19.3 Å². The number of rotatable bonds is 1. The first-order chi connectivity index (χ1) is 5.38. The van der Waals surface area contributed by atoms with Gasteiger partial charge in [0.05, 0.1) is 12.2 Å². The fourth-order valence-electron chi connectivity index (χ4n) is 1.59. The van der Waals surface area contributed by atoms with Crippen molar-refractivity contribution in [3.8, 4) is 0 Å². The Morgan fingerprint density at radius 1 is 1.45 bits per heavy atom. The van der Waals surface area contributed by atoms with Crippen LogP contribution in [-0.4, -0.2) is 21.2 Å². The van der Waals surface area contributed by atoms with E-state index in [1.54, 1.807) is 17.1 Å². The van der Waals surface area contributed by atoms with Gasteiger partial charge in [-0.25, -0.2) is 9.07 Å². The van der Waals surface area contributed by atoms with E-state index in [1.165, 1.54) is 0 Å². The van der Waals surface area contributed by atoms with Gasteiger partial charge >= 0.3 is 0 Å². The molecule has 0 amide bonds. The van der Waals surface area contributed by atoms with E-state index in [1.807, 2.05) is 0 Å². The third-order valence-corrected chi connectivity index (χ3v) is 2.18. The average molecular weight is 155 g/mol. The van der Waals surface area contributed by atoms with Crippen molar-refractivity contribution in [2.24, 2.45) is 0 Å². The molecule has 3 nitrogen and oxygen atoms in total. The van der Waals surface area contributed by atoms with Crippen LogP contribution in [0.25, 0.3) is 0 Å². The van der Waals surface area contributed by atoms with Gasteiger partial charge in [-0.2, -0.15) is 0 Å². The van der Waals surface area contributed by atoms with Crippen molar-refractivity contribution < 1.29 is 4.39 Å².